The summed E-state index contributed by atoms with van der Waals surface area (Å²) in [5.74, 6) is 0. The first-order valence-electron chi connectivity index (χ1n) is 8.03. The molecule has 0 amide bonds. The lowest BCUT2D eigenvalue weighted by Crippen LogP contribution is -2.53. The molecule has 4 nitrogen and oxygen atoms in total. The molecule has 4 heteroatoms. The van der Waals surface area contributed by atoms with Crippen molar-refractivity contribution < 1.29 is 0 Å². The Morgan fingerprint density at radius 2 is 1.84 bits per heavy atom. The van der Waals surface area contributed by atoms with Crippen LogP contribution in [0.5, 0.6) is 0 Å². The highest BCUT2D eigenvalue weighted by molar-refractivity contribution is 4.85. The van der Waals surface area contributed by atoms with E-state index >= 15 is 0 Å². The number of rotatable bonds is 8. The van der Waals surface area contributed by atoms with E-state index in [2.05, 4.69) is 41.0 Å². The molecule has 1 aliphatic heterocycles. The second kappa shape index (κ2) is 7.58. The summed E-state index contributed by atoms with van der Waals surface area (Å²) in [6, 6.07) is 1.59. The summed E-state index contributed by atoms with van der Waals surface area (Å²) in [7, 11) is 4.32. The minimum Gasteiger partial charge on any atom is -0.312 e. The zero-order chi connectivity index (χ0) is 13.7. The summed E-state index contributed by atoms with van der Waals surface area (Å²) < 4.78 is 0. The molecule has 0 aromatic carbocycles. The number of hydrogen-bond donors (Lipinski definition) is 1. The van der Waals surface area contributed by atoms with Gasteiger partial charge in [0.15, 0.2) is 0 Å². The maximum atomic E-state index is 3.69. The van der Waals surface area contributed by atoms with Crippen LogP contribution < -0.4 is 5.32 Å². The van der Waals surface area contributed by atoms with Crippen molar-refractivity contribution in [3.8, 4) is 0 Å². The molecular weight excluding hydrogens is 236 g/mol. The standard InChI is InChI=1S/C15H32N4/c1-4-15(13-16-14-5-6-14)19-11-9-18(10-12-19)8-7-17(2)3/h14-16H,4-13H2,1-3H3. The van der Waals surface area contributed by atoms with Gasteiger partial charge in [-0.3, -0.25) is 9.80 Å². The van der Waals surface area contributed by atoms with Gasteiger partial charge in [-0.05, 0) is 33.4 Å². The summed E-state index contributed by atoms with van der Waals surface area (Å²) in [5, 5.41) is 3.69. The molecule has 0 radical (unpaired) electrons. The topological polar surface area (TPSA) is 21.8 Å². The highest BCUT2D eigenvalue weighted by atomic mass is 15.3. The summed E-state index contributed by atoms with van der Waals surface area (Å²) in [5.41, 5.74) is 0. The second-order valence-corrected chi connectivity index (χ2v) is 6.43. The molecule has 19 heavy (non-hydrogen) atoms. The summed E-state index contributed by atoms with van der Waals surface area (Å²) in [6.45, 7) is 10.9. The Bertz CT molecular complexity index is 245. The van der Waals surface area contributed by atoms with Crippen LogP contribution in [0.1, 0.15) is 26.2 Å². The third-order valence-corrected chi connectivity index (χ3v) is 4.48. The molecule has 1 atom stereocenters. The molecule has 2 aliphatic rings. The van der Waals surface area contributed by atoms with Gasteiger partial charge in [-0.25, -0.2) is 0 Å². The molecule has 2 fully saturated rings. The highest BCUT2D eigenvalue weighted by Gasteiger charge is 2.25. The molecule has 1 aliphatic carbocycles. The van der Waals surface area contributed by atoms with E-state index in [-0.39, 0.29) is 0 Å². The van der Waals surface area contributed by atoms with Gasteiger partial charge < -0.3 is 10.2 Å². The second-order valence-electron chi connectivity index (χ2n) is 6.43. The number of hydrogen-bond acceptors (Lipinski definition) is 4. The van der Waals surface area contributed by atoms with Crippen LogP contribution in [0.2, 0.25) is 0 Å². The first kappa shape index (κ1) is 15.2. The first-order valence-corrected chi connectivity index (χ1v) is 8.03. The molecule has 0 spiro atoms. The monoisotopic (exact) mass is 268 g/mol. The predicted molar refractivity (Wildman–Crippen MR) is 81.7 cm³/mol. The van der Waals surface area contributed by atoms with Crippen LogP contribution in [0.25, 0.3) is 0 Å². The van der Waals surface area contributed by atoms with E-state index in [9.17, 15) is 0 Å². The van der Waals surface area contributed by atoms with Crippen molar-refractivity contribution in [3.63, 3.8) is 0 Å². The number of piperazine rings is 1. The van der Waals surface area contributed by atoms with E-state index in [0.29, 0.717) is 0 Å². The van der Waals surface area contributed by atoms with Crippen molar-refractivity contribution in [1.82, 2.24) is 20.0 Å². The lowest BCUT2D eigenvalue weighted by molar-refractivity contribution is 0.0891. The Morgan fingerprint density at radius 1 is 1.16 bits per heavy atom. The third-order valence-electron chi connectivity index (χ3n) is 4.48. The molecule has 1 heterocycles. The molecule has 0 bridgehead atoms. The van der Waals surface area contributed by atoms with E-state index in [4.69, 9.17) is 0 Å². The van der Waals surface area contributed by atoms with Crippen LogP contribution in [-0.4, -0.2) is 86.7 Å². The van der Waals surface area contributed by atoms with E-state index in [0.717, 1.165) is 12.1 Å². The van der Waals surface area contributed by atoms with Crippen LogP contribution >= 0.6 is 0 Å². The molecule has 1 unspecified atom stereocenters. The normalized spacial score (nSPS) is 24.0. The lowest BCUT2D eigenvalue weighted by Gasteiger charge is -2.39. The van der Waals surface area contributed by atoms with Crippen molar-refractivity contribution in [3.05, 3.63) is 0 Å². The molecule has 0 aromatic rings. The SMILES string of the molecule is CCC(CNC1CC1)N1CCN(CCN(C)C)CC1. The van der Waals surface area contributed by atoms with Gasteiger partial charge in [0.1, 0.15) is 0 Å². The van der Waals surface area contributed by atoms with E-state index in [1.807, 2.05) is 0 Å². The molecule has 2 rings (SSSR count). The quantitative estimate of drug-likeness (QED) is 0.699. The van der Waals surface area contributed by atoms with Gasteiger partial charge in [0.05, 0.1) is 0 Å². The largest absolute Gasteiger partial charge is 0.312 e. The fraction of sp³-hybridized carbons (Fsp3) is 1.00. The van der Waals surface area contributed by atoms with E-state index < -0.39 is 0 Å². The number of likely N-dealkylation sites (N-methyl/N-ethyl adjacent to an activating group) is 1. The van der Waals surface area contributed by atoms with Gasteiger partial charge in [-0.2, -0.15) is 0 Å². The maximum absolute atomic E-state index is 3.69. The lowest BCUT2D eigenvalue weighted by atomic mass is 10.1. The van der Waals surface area contributed by atoms with Crippen LogP contribution in [0.4, 0.5) is 0 Å². The smallest absolute Gasteiger partial charge is 0.0219 e. The van der Waals surface area contributed by atoms with Crippen LogP contribution in [0.3, 0.4) is 0 Å². The van der Waals surface area contributed by atoms with Crippen molar-refractivity contribution in [2.45, 2.75) is 38.3 Å². The molecule has 1 saturated heterocycles. The number of nitrogens with one attached hydrogen (secondary N) is 1. The summed E-state index contributed by atoms with van der Waals surface area (Å²) in [6.07, 6.45) is 4.07. The first-order chi connectivity index (χ1) is 9.19. The summed E-state index contributed by atoms with van der Waals surface area (Å²) >= 11 is 0. The van der Waals surface area contributed by atoms with Gasteiger partial charge in [0.2, 0.25) is 0 Å². The van der Waals surface area contributed by atoms with Crippen LogP contribution in [0.15, 0.2) is 0 Å². The zero-order valence-electron chi connectivity index (χ0n) is 13.1. The van der Waals surface area contributed by atoms with Crippen molar-refractivity contribution in [2.24, 2.45) is 0 Å². The van der Waals surface area contributed by atoms with Gasteiger partial charge in [-0.1, -0.05) is 6.92 Å². The predicted octanol–water partition coefficient (Wildman–Crippen LogP) is 0.696. The minimum atomic E-state index is 0.747. The average molecular weight is 268 g/mol. The molecular formula is C15H32N4. The molecule has 112 valence electrons. The van der Waals surface area contributed by atoms with E-state index in [1.54, 1.807) is 0 Å². The van der Waals surface area contributed by atoms with Crippen molar-refractivity contribution >= 4 is 0 Å². The Labute approximate surface area is 119 Å². The van der Waals surface area contributed by atoms with Gasteiger partial charge in [0, 0.05) is 57.9 Å². The zero-order valence-corrected chi connectivity index (χ0v) is 13.1. The molecule has 1 N–H and O–H groups in total. The van der Waals surface area contributed by atoms with Crippen LogP contribution in [0, 0.1) is 0 Å². The minimum absolute atomic E-state index is 0.747. The molecule has 0 aromatic heterocycles. The highest BCUT2D eigenvalue weighted by Crippen LogP contribution is 2.19. The fourth-order valence-corrected chi connectivity index (χ4v) is 2.82. The Balaban J connectivity index is 1.65. The van der Waals surface area contributed by atoms with Crippen molar-refractivity contribution in [2.75, 3.05) is 59.9 Å². The Morgan fingerprint density at radius 3 is 2.37 bits per heavy atom. The van der Waals surface area contributed by atoms with Gasteiger partial charge >= 0.3 is 0 Å². The van der Waals surface area contributed by atoms with E-state index in [1.165, 1.54) is 65.1 Å². The Hall–Kier alpha value is -0.160. The maximum Gasteiger partial charge on any atom is 0.0219 e. The average Bonchev–Trinajstić information content (AvgIpc) is 3.22. The van der Waals surface area contributed by atoms with Gasteiger partial charge in [0.25, 0.3) is 0 Å². The molecule has 1 saturated carbocycles. The van der Waals surface area contributed by atoms with Crippen molar-refractivity contribution in [1.29, 1.82) is 0 Å². The number of nitrogens with zero attached hydrogens (tertiary/aromatic N) is 3. The van der Waals surface area contributed by atoms with Crippen LogP contribution in [-0.2, 0) is 0 Å². The summed E-state index contributed by atoms with van der Waals surface area (Å²) in [4.78, 5) is 7.58. The third kappa shape index (κ3) is 5.38. The Kier molecular flexibility index (Phi) is 6.07. The fourth-order valence-electron chi connectivity index (χ4n) is 2.82. The van der Waals surface area contributed by atoms with Gasteiger partial charge in [-0.15, -0.1) is 0 Å².